The van der Waals surface area contributed by atoms with Gasteiger partial charge in [-0.1, -0.05) is 73.6 Å². The number of esters is 1. The third-order valence-corrected chi connectivity index (χ3v) is 6.31. The minimum Gasteiger partial charge on any atom is -0.465 e. The highest BCUT2D eigenvalue weighted by Crippen LogP contribution is 2.34. The number of hydrogen-bond acceptors (Lipinski definition) is 5. The largest absolute Gasteiger partial charge is 0.465 e. The first-order valence-corrected chi connectivity index (χ1v) is 13.9. The Labute approximate surface area is 229 Å². The Morgan fingerprint density at radius 3 is 1.51 bits per heavy atom. The molecule has 37 heavy (non-hydrogen) atoms. The highest BCUT2D eigenvalue weighted by molar-refractivity contribution is 5.72. The van der Waals surface area contributed by atoms with Gasteiger partial charge in [-0.25, -0.2) is 0 Å². The van der Waals surface area contributed by atoms with E-state index in [-0.39, 0.29) is 35.2 Å². The third-order valence-electron chi connectivity index (χ3n) is 6.31. The molecule has 0 aromatic carbocycles. The van der Waals surface area contributed by atoms with Crippen LogP contribution in [0.3, 0.4) is 0 Å². The number of carbonyl (C=O) groups excluding carboxylic acids is 1. The number of rotatable bonds is 21. The highest BCUT2D eigenvalue weighted by Gasteiger charge is 2.36. The van der Waals surface area contributed by atoms with Crippen LogP contribution in [0.15, 0.2) is 38.0 Å². The molecule has 0 saturated carbocycles. The van der Waals surface area contributed by atoms with Crippen molar-refractivity contribution in [1.82, 2.24) is 0 Å². The Morgan fingerprint density at radius 1 is 0.703 bits per heavy atom. The van der Waals surface area contributed by atoms with Crippen molar-refractivity contribution in [2.75, 3.05) is 46.2 Å². The van der Waals surface area contributed by atoms with Crippen molar-refractivity contribution in [3.05, 3.63) is 38.0 Å². The van der Waals surface area contributed by atoms with E-state index < -0.39 is 5.41 Å². The fourth-order valence-corrected chi connectivity index (χ4v) is 5.01. The molecule has 0 aromatic rings. The van der Waals surface area contributed by atoms with E-state index in [4.69, 9.17) is 18.9 Å². The van der Waals surface area contributed by atoms with Gasteiger partial charge in [0.1, 0.15) is 6.61 Å². The van der Waals surface area contributed by atoms with Crippen LogP contribution < -0.4 is 0 Å². The van der Waals surface area contributed by atoms with Crippen molar-refractivity contribution < 1.29 is 23.7 Å². The minimum absolute atomic E-state index is 0.133. The van der Waals surface area contributed by atoms with Gasteiger partial charge in [0.15, 0.2) is 0 Å². The lowest BCUT2D eigenvalue weighted by Gasteiger charge is -2.34. The van der Waals surface area contributed by atoms with E-state index in [1.807, 2.05) is 0 Å². The van der Waals surface area contributed by atoms with Gasteiger partial charge in [0, 0.05) is 0 Å². The molecule has 3 unspecified atom stereocenters. The van der Waals surface area contributed by atoms with Gasteiger partial charge in [-0.05, 0) is 48.3 Å². The van der Waals surface area contributed by atoms with Crippen LogP contribution in [0.25, 0.3) is 0 Å². The Bertz CT molecular complexity index is 619. The number of hydrogen-bond donors (Lipinski definition) is 0. The van der Waals surface area contributed by atoms with Gasteiger partial charge in [0.05, 0.1) is 51.0 Å². The zero-order valence-electron chi connectivity index (χ0n) is 25.4. The average molecular weight is 523 g/mol. The topological polar surface area (TPSA) is 54.0 Å². The molecular weight excluding hydrogens is 464 g/mol. The Morgan fingerprint density at radius 2 is 1.14 bits per heavy atom. The molecule has 0 fully saturated rings. The molecule has 0 aliphatic heterocycles. The SMILES string of the molecule is C=CCOCC(COCC=C)(COCC=C)COC(=O)C(CCC(C)CC(C)(C)C)C(C)CC(C)(C)C. The molecule has 0 spiro atoms. The normalized spacial score (nSPS) is 15.0. The number of carbonyl (C=O) groups is 1. The van der Waals surface area contributed by atoms with Gasteiger partial charge in [0.2, 0.25) is 0 Å². The number of ether oxygens (including phenoxy) is 4. The summed E-state index contributed by atoms with van der Waals surface area (Å²) in [4.78, 5) is 13.6. The first-order valence-electron chi connectivity index (χ1n) is 13.9. The molecule has 0 aromatic heterocycles. The van der Waals surface area contributed by atoms with Crippen molar-refractivity contribution >= 4 is 5.97 Å². The second kappa shape index (κ2) is 18.0. The fourth-order valence-electron chi connectivity index (χ4n) is 5.01. The van der Waals surface area contributed by atoms with Gasteiger partial charge < -0.3 is 18.9 Å². The van der Waals surface area contributed by atoms with Gasteiger partial charge in [0.25, 0.3) is 0 Å². The van der Waals surface area contributed by atoms with E-state index in [0.29, 0.717) is 45.6 Å². The summed E-state index contributed by atoms with van der Waals surface area (Å²) in [7, 11) is 0. The predicted molar refractivity (Wildman–Crippen MR) is 156 cm³/mol. The van der Waals surface area contributed by atoms with Crippen LogP contribution in [-0.4, -0.2) is 52.2 Å². The van der Waals surface area contributed by atoms with Crippen LogP contribution in [0.5, 0.6) is 0 Å². The van der Waals surface area contributed by atoms with Crippen molar-refractivity contribution in [3.8, 4) is 0 Å². The molecule has 0 radical (unpaired) electrons. The van der Waals surface area contributed by atoms with E-state index in [9.17, 15) is 4.79 Å². The van der Waals surface area contributed by atoms with Crippen molar-refractivity contribution in [3.63, 3.8) is 0 Å². The molecule has 5 nitrogen and oxygen atoms in total. The fraction of sp³-hybridized carbons (Fsp3) is 0.781. The Hall–Kier alpha value is -1.43. The first kappa shape index (κ1) is 35.6. The van der Waals surface area contributed by atoms with Crippen molar-refractivity contribution in [1.29, 1.82) is 0 Å². The summed E-state index contributed by atoms with van der Waals surface area (Å²) in [5.74, 6) is 0.467. The zero-order chi connectivity index (χ0) is 28.5. The first-order chi connectivity index (χ1) is 17.2. The summed E-state index contributed by atoms with van der Waals surface area (Å²) in [5.41, 5.74) is -0.231. The molecule has 0 rings (SSSR count). The van der Waals surface area contributed by atoms with Crippen molar-refractivity contribution in [2.24, 2.45) is 34.0 Å². The maximum atomic E-state index is 13.6. The summed E-state index contributed by atoms with van der Waals surface area (Å²) >= 11 is 0. The van der Waals surface area contributed by atoms with Gasteiger partial charge in [-0.3, -0.25) is 4.79 Å². The zero-order valence-corrected chi connectivity index (χ0v) is 25.4. The van der Waals surface area contributed by atoms with Crippen LogP contribution in [0, 0.1) is 34.0 Å². The Balaban J connectivity index is 5.67. The second-order valence-corrected chi connectivity index (χ2v) is 13.3. The smallest absolute Gasteiger partial charge is 0.309 e. The Kier molecular flexibility index (Phi) is 17.3. The predicted octanol–water partition coefficient (Wildman–Crippen LogP) is 7.66. The summed E-state index contributed by atoms with van der Waals surface area (Å²) < 4.78 is 23.5. The summed E-state index contributed by atoms with van der Waals surface area (Å²) in [6, 6.07) is 0. The monoisotopic (exact) mass is 522 g/mol. The summed E-state index contributed by atoms with van der Waals surface area (Å²) in [5, 5.41) is 0. The molecule has 0 amide bonds. The van der Waals surface area contributed by atoms with E-state index >= 15 is 0 Å². The van der Waals surface area contributed by atoms with E-state index in [2.05, 4.69) is 75.1 Å². The van der Waals surface area contributed by atoms with E-state index in [1.165, 1.54) is 0 Å². The van der Waals surface area contributed by atoms with Crippen LogP contribution >= 0.6 is 0 Å². The second-order valence-electron chi connectivity index (χ2n) is 13.3. The molecule has 0 saturated heterocycles. The molecule has 0 bridgehead atoms. The van der Waals surface area contributed by atoms with Crippen LogP contribution in [0.2, 0.25) is 0 Å². The summed E-state index contributed by atoms with van der Waals surface area (Å²) in [6.45, 7) is 31.5. The quantitative estimate of drug-likeness (QED) is 0.0879. The van der Waals surface area contributed by atoms with E-state index in [1.54, 1.807) is 18.2 Å². The van der Waals surface area contributed by atoms with Gasteiger partial charge >= 0.3 is 5.97 Å². The van der Waals surface area contributed by atoms with E-state index in [0.717, 1.165) is 25.7 Å². The lowest BCUT2D eigenvalue weighted by atomic mass is 9.76. The molecular formula is C32H58O5. The molecule has 216 valence electrons. The molecule has 3 atom stereocenters. The average Bonchev–Trinajstić information content (AvgIpc) is 2.76. The maximum absolute atomic E-state index is 13.6. The lowest BCUT2D eigenvalue weighted by molar-refractivity contribution is -0.162. The van der Waals surface area contributed by atoms with Gasteiger partial charge in [-0.15, -0.1) is 19.7 Å². The molecule has 0 N–H and O–H groups in total. The minimum atomic E-state index is -0.637. The van der Waals surface area contributed by atoms with Crippen LogP contribution in [0.1, 0.15) is 81.1 Å². The standard InChI is InChI=1S/C32H58O5/c1-12-17-34-22-32(23-35-18-13-2,24-36-19-14-3)25-37-29(33)28(27(5)21-31(9,10)11)16-15-26(4)20-30(6,7)8/h12-14,26-28H,1-3,15-25H2,4-11H3. The maximum Gasteiger partial charge on any atom is 0.309 e. The lowest BCUT2D eigenvalue weighted by Crippen LogP contribution is -2.43. The molecule has 5 heteroatoms. The van der Waals surface area contributed by atoms with Gasteiger partial charge in [-0.2, -0.15) is 0 Å². The van der Waals surface area contributed by atoms with Crippen molar-refractivity contribution in [2.45, 2.75) is 81.1 Å². The van der Waals surface area contributed by atoms with Crippen LogP contribution in [0.4, 0.5) is 0 Å². The highest BCUT2D eigenvalue weighted by atomic mass is 16.5. The van der Waals surface area contributed by atoms with Crippen LogP contribution in [-0.2, 0) is 23.7 Å². The molecule has 0 aliphatic rings. The molecule has 0 heterocycles. The molecule has 0 aliphatic carbocycles. The third kappa shape index (κ3) is 17.7. The summed E-state index contributed by atoms with van der Waals surface area (Å²) in [6.07, 6.45) is 9.03.